The van der Waals surface area contributed by atoms with E-state index in [1.807, 2.05) is 13.8 Å². The standard InChI is InChI=1S/C25H33Cl2N3O6S/c1-7-16(2)28-25(32)17(3)29(14-19-20(26)9-8-10-21(19)27)24(31)15-30(37(6,33)34)22-13-18(35-4)11-12-23(22)36-5/h8-13,16-17H,7,14-15H2,1-6H3,(H,28,32)/t16-,17-/m0/s1. The number of benzene rings is 2. The summed E-state index contributed by atoms with van der Waals surface area (Å²) in [6.45, 7) is 4.62. The molecule has 0 spiro atoms. The van der Waals surface area contributed by atoms with Crippen LogP contribution in [0.25, 0.3) is 0 Å². The van der Waals surface area contributed by atoms with E-state index in [4.69, 9.17) is 32.7 Å². The molecule has 0 aliphatic heterocycles. The average Bonchev–Trinajstić information content (AvgIpc) is 2.85. The molecule has 2 aromatic carbocycles. The van der Waals surface area contributed by atoms with Crippen LogP contribution in [-0.2, 0) is 26.2 Å². The molecule has 0 aromatic heterocycles. The van der Waals surface area contributed by atoms with Crippen LogP contribution in [0, 0.1) is 0 Å². The molecule has 204 valence electrons. The number of rotatable bonds is 12. The van der Waals surface area contributed by atoms with Gasteiger partial charge in [-0.15, -0.1) is 0 Å². The lowest BCUT2D eigenvalue weighted by Crippen LogP contribution is -2.52. The molecule has 9 nitrogen and oxygen atoms in total. The molecule has 2 atom stereocenters. The molecule has 1 N–H and O–H groups in total. The summed E-state index contributed by atoms with van der Waals surface area (Å²) in [5.74, 6) is -0.436. The lowest BCUT2D eigenvalue weighted by atomic mass is 10.1. The summed E-state index contributed by atoms with van der Waals surface area (Å²) in [6, 6.07) is 8.45. The molecule has 2 rings (SSSR count). The number of ether oxygens (including phenoxy) is 2. The molecule has 0 saturated heterocycles. The van der Waals surface area contributed by atoms with Crippen molar-refractivity contribution in [3.05, 3.63) is 52.0 Å². The highest BCUT2D eigenvalue weighted by molar-refractivity contribution is 7.92. The fourth-order valence-corrected chi connectivity index (χ4v) is 4.85. The first kappa shape index (κ1) is 30.5. The van der Waals surface area contributed by atoms with Gasteiger partial charge in [0.2, 0.25) is 21.8 Å². The summed E-state index contributed by atoms with van der Waals surface area (Å²) in [4.78, 5) is 28.0. The van der Waals surface area contributed by atoms with Crippen molar-refractivity contribution in [2.24, 2.45) is 0 Å². The number of amides is 2. The van der Waals surface area contributed by atoms with Gasteiger partial charge in [-0.25, -0.2) is 8.42 Å². The van der Waals surface area contributed by atoms with Gasteiger partial charge in [0.15, 0.2) is 0 Å². The second-order valence-corrected chi connectivity index (χ2v) is 11.2. The molecule has 0 saturated carbocycles. The Morgan fingerprint density at radius 3 is 2.19 bits per heavy atom. The first-order chi connectivity index (χ1) is 17.3. The van der Waals surface area contributed by atoms with Gasteiger partial charge < -0.3 is 19.7 Å². The van der Waals surface area contributed by atoms with Crippen LogP contribution in [0.5, 0.6) is 11.5 Å². The molecule has 0 aliphatic carbocycles. The highest BCUT2D eigenvalue weighted by atomic mass is 35.5. The second-order valence-electron chi connectivity index (χ2n) is 8.52. The second kappa shape index (κ2) is 13.2. The molecule has 2 amide bonds. The van der Waals surface area contributed by atoms with E-state index in [1.165, 1.54) is 25.2 Å². The summed E-state index contributed by atoms with van der Waals surface area (Å²) >= 11 is 12.7. The summed E-state index contributed by atoms with van der Waals surface area (Å²) in [6.07, 6.45) is 1.67. The minimum absolute atomic E-state index is 0.112. The molecule has 0 heterocycles. The van der Waals surface area contributed by atoms with E-state index in [0.29, 0.717) is 27.8 Å². The smallest absolute Gasteiger partial charge is 0.244 e. The molecule has 0 bridgehead atoms. The average molecular weight is 575 g/mol. The minimum atomic E-state index is -3.96. The number of methoxy groups -OCH3 is 2. The predicted octanol–water partition coefficient (Wildman–Crippen LogP) is 4.11. The highest BCUT2D eigenvalue weighted by Gasteiger charge is 2.32. The number of nitrogens with zero attached hydrogens (tertiary/aromatic N) is 2. The Kier molecular flexibility index (Phi) is 10.9. The molecule has 0 aliphatic rings. The lowest BCUT2D eigenvalue weighted by Gasteiger charge is -2.32. The quantitative estimate of drug-likeness (QED) is 0.409. The number of hydrogen-bond donors (Lipinski definition) is 1. The Bertz CT molecular complexity index is 1200. The Hall–Kier alpha value is -2.69. The predicted molar refractivity (Wildman–Crippen MR) is 146 cm³/mol. The highest BCUT2D eigenvalue weighted by Crippen LogP contribution is 2.34. The number of hydrogen-bond acceptors (Lipinski definition) is 6. The van der Waals surface area contributed by atoms with E-state index in [0.717, 1.165) is 10.6 Å². The molecule has 37 heavy (non-hydrogen) atoms. The SMILES string of the molecule is CC[C@H](C)NC(=O)[C@H](C)N(Cc1c(Cl)cccc1Cl)C(=O)CN(c1cc(OC)ccc1OC)S(C)(=O)=O. The van der Waals surface area contributed by atoms with Crippen molar-refractivity contribution in [1.29, 1.82) is 0 Å². The van der Waals surface area contributed by atoms with Gasteiger partial charge in [0.25, 0.3) is 0 Å². The van der Waals surface area contributed by atoms with Crippen molar-refractivity contribution in [3.63, 3.8) is 0 Å². The maximum Gasteiger partial charge on any atom is 0.244 e. The van der Waals surface area contributed by atoms with Crippen LogP contribution in [-0.4, -0.2) is 64.2 Å². The van der Waals surface area contributed by atoms with Crippen LogP contribution in [0.4, 0.5) is 5.69 Å². The molecule has 0 unspecified atom stereocenters. The maximum absolute atomic E-state index is 13.7. The van der Waals surface area contributed by atoms with Gasteiger partial charge in [0.05, 0.1) is 26.2 Å². The van der Waals surface area contributed by atoms with E-state index in [2.05, 4.69) is 5.32 Å². The third-order valence-corrected chi connectivity index (χ3v) is 7.73. The van der Waals surface area contributed by atoms with Gasteiger partial charge in [-0.1, -0.05) is 36.2 Å². The van der Waals surface area contributed by atoms with Gasteiger partial charge in [-0.05, 0) is 44.5 Å². The van der Waals surface area contributed by atoms with E-state index in [-0.39, 0.29) is 24.0 Å². The number of anilines is 1. The Morgan fingerprint density at radius 2 is 1.68 bits per heavy atom. The topological polar surface area (TPSA) is 105 Å². The molecular formula is C25H33Cl2N3O6S. The van der Waals surface area contributed by atoms with Crippen LogP contribution in [0.15, 0.2) is 36.4 Å². The van der Waals surface area contributed by atoms with Gasteiger partial charge in [-0.2, -0.15) is 0 Å². The number of nitrogens with one attached hydrogen (secondary N) is 1. The number of halogens is 2. The zero-order chi connectivity index (χ0) is 27.9. The number of carbonyl (C=O) groups is 2. The minimum Gasteiger partial charge on any atom is -0.497 e. The van der Waals surface area contributed by atoms with Gasteiger partial charge in [0, 0.05) is 34.3 Å². The van der Waals surface area contributed by atoms with Crippen molar-refractivity contribution in [2.75, 3.05) is 31.3 Å². The van der Waals surface area contributed by atoms with E-state index < -0.39 is 34.4 Å². The monoisotopic (exact) mass is 573 g/mol. The largest absolute Gasteiger partial charge is 0.497 e. The molecule has 2 aromatic rings. The Balaban J connectivity index is 2.54. The van der Waals surface area contributed by atoms with E-state index in [9.17, 15) is 18.0 Å². The number of sulfonamides is 1. The van der Waals surface area contributed by atoms with Crippen molar-refractivity contribution >= 4 is 50.7 Å². The van der Waals surface area contributed by atoms with Gasteiger partial charge in [0.1, 0.15) is 24.1 Å². The van der Waals surface area contributed by atoms with E-state index >= 15 is 0 Å². The van der Waals surface area contributed by atoms with Crippen LogP contribution >= 0.6 is 23.2 Å². The van der Waals surface area contributed by atoms with Crippen molar-refractivity contribution in [1.82, 2.24) is 10.2 Å². The Labute approximate surface area is 228 Å². The normalized spacial score (nSPS) is 12.9. The summed E-state index contributed by atoms with van der Waals surface area (Å²) in [5, 5.41) is 3.49. The van der Waals surface area contributed by atoms with Gasteiger partial charge >= 0.3 is 0 Å². The summed E-state index contributed by atoms with van der Waals surface area (Å²) in [7, 11) is -1.14. The third-order valence-electron chi connectivity index (χ3n) is 5.89. The lowest BCUT2D eigenvalue weighted by molar-refractivity contribution is -0.139. The van der Waals surface area contributed by atoms with Crippen LogP contribution in [0.1, 0.15) is 32.8 Å². The zero-order valence-electron chi connectivity index (χ0n) is 21.7. The van der Waals surface area contributed by atoms with Crippen LogP contribution < -0.4 is 19.1 Å². The number of carbonyl (C=O) groups excluding carboxylic acids is 2. The first-order valence-corrected chi connectivity index (χ1v) is 14.2. The van der Waals surface area contributed by atoms with Crippen molar-refractivity contribution in [2.45, 2.75) is 45.8 Å². The fourth-order valence-electron chi connectivity index (χ4n) is 3.49. The van der Waals surface area contributed by atoms with Crippen LogP contribution in [0.2, 0.25) is 10.0 Å². The first-order valence-electron chi connectivity index (χ1n) is 11.6. The van der Waals surface area contributed by atoms with Crippen molar-refractivity contribution in [3.8, 4) is 11.5 Å². The Morgan fingerprint density at radius 1 is 1.05 bits per heavy atom. The van der Waals surface area contributed by atoms with E-state index in [1.54, 1.807) is 37.3 Å². The summed E-state index contributed by atoms with van der Waals surface area (Å²) in [5.41, 5.74) is 0.553. The van der Waals surface area contributed by atoms with Gasteiger partial charge in [-0.3, -0.25) is 13.9 Å². The van der Waals surface area contributed by atoms with Crippen molar-refractivity contribution < 1.29 is 27.5 Å². The molecule has 0 fully saturated rings. The molecule has 0 radical (unpaired) electrons. The molecule has 12 heteroatoms. The maximum atomic E-state index is 13.7. The fraction of sp³-hybridized carbons (Fsp3) is 0.440. The summed E-state index contributed by atoms with van der Waals surface area (Å²) < 4.78 is 37.2. The van der Waals surface area contributed by atoms with Crippen LogP contribution in [0.3, 0.4) is 0 Å². The zero-order valence-corrected chi connectivity index (χ0v) is 24.1. The third kappa shape index (κ3) is 7.90. The molecular weight excluding hydrogens is 541 g/mol.